The molecule has 0 unspecified atom stereocenters. The molecule has 5 aromatic rings. The second-order valence-corrected chi connectivity index (χ2v) is 7.14. The van der Waals surface area contributed by atoms with Gasteiger partial charge >= 0.3 is 0 Å². The minimum absolute atomic E-state index is 1.18. The van der Waals surface area contributed by atoms with Gasteiger partial charge in [0, 0.05) is 16.6 Å². The maximum Gasteiger partial charge on any atom is 0.0619 e. The Morgan fingerprint density at radius 1 is 0.536 bits per heavy atom. The van der Waals surface area contributed by atoms with Crippen LogP contribution in [0.25, 0.3) is 39.0 Å². The summed E-state index contributed by atoms with van der Waals surface area (Å²) in [4.78, 5) is 0. The molecular formula is C27H21N. The third-order valence-corrected chi connectivity index (χ3v) is 5.28. The van der Waals surface area contributed by atoms with Crippen molar-refractivity contribution in [3.05, 3.63) is 115 Å². The molecule has 4 aromatic carbocycles. The number of aromatic nitrogens is 1. The Bertz CT molecular complexity index is 1230. The molecular weight excluding hydrogens is 338 g/mol. The third-order valence-electron chi connectivity index (χ3n) is 5.28. The van der Waals surface area contributed by atoms with Crippen LogP contribution in [0.1, 0.15) is 5.56 Å². The van der Waals surface area contributed by atoms with E-state index in [1.807, 2.05) is 0 Å². The lowest BCUT2D eigenvalue weighted by molar-refractivity contribution is 1.13. The molecule has 0 saturated heterocycles. The van der Waals surface area contributed by atoms with Crippen molar-refractivity contribution >= 4 is 10.9 Å². The van der Waals surface area contributed by atoms with Crippen molar-refractivity contribution in [3.8, 4) is 28.1 Å². The van der Waals surface area contributed by atoms with E-state index >= 15 is 0 Å². The molecule has 5 rings (SSSR count). The van der Waals surface area contributed by atoms with Gasteiger partial charge in [0.25, 0.3) is 0 Å². The van der Waals surface area contributed by atoms with Gasteiger partial charge in [0.15, 0.2) is 0 Å². The number of rotatable bonds is 3. The number of benzene rings is 4. The first-order chi connectivity index (χ1) is 13.8. The molecule has 0 spiro atoms. The van der Waals surface area contributed by atoms with Crippen LogP contribution in [-0.2, 0) is 0 Å². The van der Waals surface area contributed by atoms with Crippen LogP contribution >= 0.6 is 0 Å². The Hall–Kier alpha value is -3.58. The highest BCUT2D eigenvalue weighted by Gasteiger charge is 2.20. The van der Waals surface area contributed by atoms with Crippen molar-refractivity contribution in [1.82, 2.24) is 4.57 Å². The molecule has 1 heterocycles. The third kappa shape index (κ3) is 2.73. The fourth-order valence-electron chi connectivity index (χ4n) is 3.97. The summed E-state index contributed by atoms with van der Waals surface area (Å²) in [5.41, 5.74) is 8.65. The van der Waals surface area contributed by atoms with E-state index in [0.29, 0.717) is 0 Å². The summed E-state index contributed by atoms with van der Waals surface area (Å²) in [6.45, 7) is 2.13. The molecule has 0 amide bonds. The summed E-state index contributed by atoms with van der Waals surface area (Å²) >= 11 is 0. The SMILES string of the molecule is Cc1ccc(-n2c(-c3ccccc3)c(-c3ccccc3)c3ccccc32)cc1. The van der Waals surface area contributed by atoms with E-state index < -0.39 is 0 Å². The predicted molar refractivity (Wildman–Crippen MR) is 119 cm³/mol. The minimum Gasteiger partial charge on any atom is -0.309 e. The summed E-state index contributed by atoms with van der Waals surface area (Å²) in [6, 6.07) is 38.9. The zero-order chi connectivity index (χ0) is 18.9. The summed E-state index contributed by atoms with van der Waals surface area (Å²) in [6.07, 6.45) is 0. The molecule has 1 nitrogen and oxygen atoms in total. The quantitative estimate of drug-likeness (QED) is 0.319. The van der Waals surface area contributed by atoms with E-state index in [4.69, 9.17) is 0 Å². The van der Waals surface area contributed by atoms with Gasteiger partial charge in [-0.2, -0.15) is 0 Å². The predicted octanol–water partition coefficient (Wildman–Crippen LogP) is 7.27. The van der Waals surface area contributed by atoms with Gasteiger partial charge < -0.3 is 4.57 Å². The largest absolute Gasteiger partial charge is 0.309 e. The van der Waals surface area contributed by atoms with Crippen LogP contribution < -0.4 is 0 Å². The second kappa shape index (κ2) is 6.86. The lowest BCUT2D eigenvalue weighted by Gasteiger charge is -2.13. The van der Waals surface area contributed by atoms with E-state index in [0.717, 1.165) is 0 Å². The summed E-state index contributed by atoms with van der Waals surface area (Å²) in [5.74, 6) is 0. The molecule has 0 aliphatic rings. The van der Waals surface area contributed by atoms with E-state index in [9.17, 15) is 0 Å². The van der Waals surface area contributed by atoms with Crippen LogP contribution in [0.4, 0.5) is 0 Å². The zero-order valence-electron chi connectivity index (χ0n) is 15.8. The number of fused-ring (bicyclic) bond motifs is 1. The highest BCUT2D eigenvalue weighted by molar-refractivity contribution is 6.05. The first-order valence-corrected chi connectivity index (χ1v) is 9.64. The normalized spacial score (nSPS) is 11.0. The van der Waals surface area contributed by atoms with Crippen molar-refractivity contribution in [2.75, 3.05) is 0 Å². The number of hydrogen-bond acceptors (Lipinski definition) is 0. The van der Waals surface area contributed by atoms with Gasteiger partial charge in [-0.1, -0.05) is 96.6 Å². The van der Waals surface area contributed by atoms with Crippen molar-refractivity contribution in [3.63, 3.8) is 0 Å². The highest BCUT2D eigenvalue weighted by Crippen LogP contribution is 2.42. The molecule has 0 N–H and O–H groups in total. The van der Waals surface area contributed by atoms with Gasteiger partial charge in [0.05, 0.1) is 11.2 Å². The van der Waals surface area contributed by atoms with Gasteiger partial charge in [0.2, 0.25) is 0 Å². The molecule has 1 heteroatoms. The first kappa shape index (κ1) is 16.6. The second-order valence-electron chi connectivity index (χ2n) is 7.14. The van der Waals surface area contributed by atoms with E-state index in [1.54, 1.807) is 0 Å². The zero-order valence-corrected chi connectivity index (χ0v) is 15.8. The Kier molecular flexibility index (Phi) is 4.06. The minimum atomic E-state index is 1.18. The van der Waals surface area contributed by atoms with Crippen LogP contribution in [0.15, 0.2) is 109 Å². The van der Waals surface area contributed by atoms with Gasteiger partial charge in [-0.25, -0.2) is 0 Å². The smallest absolute Gasteiger partial charge is 0.0619 e. The van der Waals surface area contributed by atoms with E-state index in [2.05, 4.69) is 121 Å². The molecule has 0 bridgehead atoms. The maximum atomic E-state index is 2.40. The Balaban J connectivity index is 1.95. The lowest BCUT2D eigenvalue weighted by atomic mass is 9.98. The van der Waals surface area contributed by atoms with Crippen molar-refractivity contribution < 1.29 is 0 Å². The van der Waals surface area contributed by atoms with Gasteiger partial charge in [-0.05, 0) is 36.2 Å². The summed E-state index contributed by atoms with van der Waals surface area (Å²) < 4.78 is 2.40. The van der Waals surface area contributed by atoms with Crippen LogP contribution in [0.2, 0.25) is 0 Å². The summed E-state index contributed by atoms with van der Waals surface area (Å²) in [5, 5.41) is 1.27. The van der Waals surface area contributed by atoms with E-state index in [1.165, 1.54) is 44.5 Å². The maximum absolute atomic E-state index is 2.40. The molecule has 134 valence electrons. The van der Waals surface area contributed by atoms with Crippen molar-refractivity contribution in [1.29, 1.82) is 0 Å². The Labute approximate surface area is 165 Å². The number of para-hydroxylation sites is 1. The molecule has 0 aliphatic heterocycles. The fourth-order valence-corrected chi connectivity index (χ4v) is 3.97. The standard InChI is InChI=1S/C27H21N/c1-20-16-18-23(19-17-20)28-25-15-9-8-14-24(25)26(21-10-4-2-5-11-21)27(28)22-12-6-3-7-13-22/h2-19H,1H3. The topological polar surface area (TPSA) is 4.93 Å². The van der Waals surface area contributed by atoms with Gasteiger partial charge in [0.1, 0.15) is 0 Å². The highest BCUT2D eigenvalue weighted by atomic mass is 15.0. The van der Waals surface area contributed by atoms with Crippen LogP contribution in [0, 0.1) is 6.92 Å². The van der Waals surface area contributed by atoms with Gasteiger partial charge in [-0.3, -0.25) is 0 Å². The molecule has 28 heavy (non-hydrogen) atoms. The molecule has 0 atom stereocenters. The Morgan fingerprint density at radius 2 is 1.11 bits per heavy atom. The van der Waals surface area contributed by atoms with Crippen molar-refractivity contribution in [2.24, 2.45) is 0 Å². The van der Waals surface area contributed by atoms with Crippen molar-refractivity contribution in [2.45, 2.75) is 6.92 Å². The van der Waals surface area contributed by atoms with Crippen LogP contribution in [0.5, 0.6) is 0 Å². The van der Waals surface area contributed by atoms with Crippen LogP contribution in [0.3, 0.4) is 0 Å². The Morgan fingerprint density at radius 3 is 1.79 bits per heavy atom. The molecule has 1 aromatic heterocycles. The molecule has 0 saturated carbocycles. The molecule has 0 radical (unpaired) electrons. The molecule has 0 aliphatic carbocycles. The summed E-state index contributed by atoms with van der Waals surface area (Å²) in [7, 11) is 0. The van der Waals surface area contributed by atoms with Gasteiger partial charge in [-0.15, -0.1) is 0 Å². The first-order valence-electron chi connectivity index (χ1n) is 9.64. The molecule has 0 fully saturated rings. The number of nitrogens with zero attached hydrogens (tertiary/aromatic N) is 1. The number of aryl methyl sites for hydroxylation is 1. The van der Waals surface area contributed by atoms with Crippen LogP contribution in [-0.4, -0.2) is 4.57 Å². The fraction of sp³-hybridized carbons (Fsp3) is 0.0370. The van der Waals surface area contributed by atoms with E-state index in [-0.39, 0.29) is 0 Å². The monoisotopic (exact) mass is 359 g/mol. The average Bonchev–Trinajstić information content (AvgIpc) is 3.11. The lowest BCUT2D eigenvalue weighted by Crippen LogP contribution is -1.97. The average molecular weight is 359 g/mol. The number of hydrogen-bond donors (Lipinski definition) is 0.